The van der Waals surface area contributed by atoms with Gasteiger partial charge in [-0.15, -0.1) is 5.10 Å². The monoisotopic (exact) mass is 155 g/mol. The molecule has 1 aromatic heterocycles. The molecule has 10 heavy (non-hydrogen) atoms. The quantitative estimate of drug-likeness (QED) is 0.608. The Kier molecular flexibility index (Phi) is 1.87. The summed E-state index contributed by atoms with van der Waals surface area (Å²) >= 11 is 5.49. The summed E-state index contributed by atoms with van der Waals surface area (Å²) in [6, 6.07) is 0. The minimum Gasteiger partial charge on any atom is -0.220 e. The van der Waals surface area contributed by atoms with Crippen molar-refractivity contribution in [2.45, 2.75) is 0 Å². The second-order valence-corrected chi connectivity index (χ2v) is 2.07. The summed E-state index contributed by atoms with van der Waals surface area (Å²) < 4.78 is 1.45. The molecule has 0 unspecified atom stereocenters. The van der Waals surface area contributed by atoms with E-state index >= 15 is 0 Å². The van der Waals surface area contributed by atoms with Crippen molar-refractivity contribution in [2.24, 2.45) is 0 Å². The van der Waals surface area contributed by atoms with E-state index in [0.29, 0.717) is 10.9 Å². The van der Waals surface area contributed by atoms with Gasteiger partial charge >= 0.3 is 0 Å². The fourth-order valence-electron chi connectivity index (χ4n) is 0.477. The van der Waals surface area contributed by atoms with Crippen molar-refractivity contribution in [2.75, 3.05) is 0 Å². The largest absolute Gasteiger partial charge is 0.220 e. The first kappa shape index (κ1) is 7.02. The maximum Gasteiger partial charge on any atom is 0.171 e. The molecule has 0 spiro atoms. The molecule has 0 amide bonds. The number of rotatable bonds is 2. The molecule has 0 aliphatic carbocycles. The molecule has 3 nitrogen and oxygen atoms in total. The SMILES string of the molecule is C=CC(=C)n1cc(Cl)nn1. The van der Waals surface area contributed by atoms with Crippen molar-refractivity contribution >= 4 is 17.3 Å². The second kappa shape index (κ2) is 2.66. The molecule has 0 fully saturated rings. The van der Waals surface area contributed by atoms with Gasteiger partial charge in [-0.05, 0) is 6.08 Å². The third-order valence-corrected chi connectivity index (χ3v) is 1.17. The van der Waals surface area contributed by atoms with Crippen LogP contribution in [0.3, 0.4) is 0 Å². The van der Waals surface area contributed by atoms with Crippen molar-refractivity contribution < 1.29 is 0 Å². The van der Waals surface area contributed by atoms with Crippen LogP contribution in [-0.4, -0.2) is 15.0 Å². The normalized spacial score (nSPS) is 9.30. The number of aromatic nitrogens is 3. The van der Waals surface area contributed by atoms with Crippen molar-refractivity contribution in [1.29, 1.82) is 0 Å². The molecule has 0 saturated carbocycles. The average Bonchev–Trinajstić information content (AvgIpc) is 2.34. The van der Waals surface area contributed by atoms with Crippen LogP contribution in [0.15, 0.2) is 25.4 Å². The van der Waals surface area contributed by atoms with Gasteiger partial charge in [0.1, 0.15) is 0 Å². The predicted octanol–water partition coefficient (Wildman–Crippen LogP) is 1.59. The highest BCUT2D eigenvalue weighted by molar-refractivity contribution is 6.29. The first-order valence-corrected chi connectivity index (χ1v) is 3.01. The Morgan fingerprint density at radius 2 is 2.50 bits per heavy atom. The fourth-order valence-corrected chi connectivity index (χ4v) is 0.604. The first-order valence-electron chi connectivity index (χ1n) is 2.63. The predicted molar refractivity (Wildman–Crippen MR) is 40.6 cm³/mol. The Morgan fingerprint density at radius 3 is 2.90 bits per heavy atom. The van der Waals surface area contributed by atoms with E-state index in [4.69, 9.17) is 11.6 Å². The van der Waals surface area contributed by atoms with Crippen molar-refractivity contribution in [3.8, 4) is 0 Å². The zero-order valence-electron chi connectivity index (χ0n) is 5.29. The molecule has 1 rings (SSSR count). The Labute approximate surface area is 63.6 Å². The summed E-state index contributed by atoms with van der Waals surface area (Å²) in [6.07, 6.45) is 3.14. The van der Waals surface area contributed by atoms with Crippen molar-refractivity contribution in [1.82, 2.24) is 15.0 Å². The second-order valence-electron chi connectivity index (χ2n) is 1.68. The molecule has 0 bridgehead atoms. The van der Waals surface area contributed by atoms with Gasteiger partial charge in [0.25, 0.3) is 0 Å². The lowest BCUT2D eigenvalue weighted by Gasteiger charge is -1.93. The number of halogens is 1. The first-order chi connectivity index (χ1) is 4.74. The maximum absolute atomic E-state index is 5.49. The molecule has 0 aliphatic heterocycles. The van der Waals surface area contributed by atoms with Gasteiger partial charge in [-0.1, -0.05) is 30.0 Å². The lowest BCUT2D eigenvalue weighted by atomic mass is 10.5. The van der Waals surface area contributed by atoms with Crippen LogP contribution >= 0.6 is 11.6 Å². The molecule has 0 aromatic carbocycles. The van der Waals surface area contributed by atoms with E-state index in [1.165, 1.54) is 4.68 Å². The molecule has 0 N–H and O–H groups in total. The van der Waals surface area contributed by atoms with Crippen LogP contribution in [-0.2, 0) is 0 Å². The van der Waals surface area contributed by atoms with E-state index in [2.05, 4.69) is 23.5 Å². The van der Waals surface area contributed by atoms with E-state index in [0.717, 1.165) is 0 Å². The molecule has 0 radical (unpaired) electrons. The molecule has 0 atom stereocenters. The standard InChI is InChI=1S/C6H6ClN3/c1-3-5(2)10-4-6(7)8-9-10/h3-4H,1-2H2. The summed E-state index contributed by atoms with van der Waals surface area (Å²) in [4.78, 5) is 0. The van der Waals surface area contributed by atoms with Crippen molar-refractivity contribution in [3.63, 3.8) is 0 Å². The topological polar surface area (TPSA) is 30.7 Å². The van der Waals surface area contributed by atoms with Crippen molar-refractivity contribution in [3.05, 3.63) is 30.6 Å². The van der Waals surface area contributed by atoms with Gasteiger partial charge in [0.05, 0.1) is 11.9 Å². The maximum atomic E-state index is 5.49. The highest BCUT2D eigenvalue weighted by Gasteiger charge is 1.95. The smallest absolute Gasteiger partial charge is 0.171 e. The number of hydrogen-bond acceptors (Lipinski definition) is 2. The number of nitrogens with zero attached hydrogens (tertiary/aromatic N) is 3. The van der Waals surface area contributed by atoms with Crippen LogP contribution in [0, 0.1) is 0 Å². The van der Waals surface area contributed by atoms with Gasteiger partial charge in [-0.2, -0.15) is 0 Å². The van der Waals surface area contributed by atoms with E-state index in [1.807, 2.05) is 0 Å². The van der Waals surface area contributed by atoms with E-state index in [1.54, 1.807) is 12.3 Å². The number of hydrogen-bond donors (Lipinski definition) is 0. The molecular formula is C6H6ClN3. The van der Waals surface area contributed by atoms with Gasteiger partial charge in [0.15, 0.2) is 5.15 Å². The minimum atomic E-state index is 0.350. The summed E-state index contributed by atoms with van der Waals surface area (Å²) in [7, 11) is 0. The highest BCUT2D eigenvalue weighted by atomic mass is 35.5. The van der Waals surface area contributed by atoms with Crippen LogP contribution in [0.1, 0.15) is 0 Å². The Hall–Kier alpha value is -1.09. The summed E-state index contributed by atoms with van der Waals surface area (Å²) in [6.45, 7) is 7.16. The lowest BCUT2D eigenvalue weighted by Crippen LogP contribution is -1.92. The van der Waals surface area contributed by atoms with E-state index in [-0.39, 0.29) is 0 Å². The molecular weight excluding hydrogens is 150 g/mol. The van der Waals surface area contributed by atoms with Gasteiger partial charge in [0.2, 0.25) is 0 Å². The third kappa shape index (κ3) is 1.25. The molecule has 0 saturated heterocycles. The molecule has 1 heterocycles. The van der Waals surface area contributed by atoms with Crippen LogP contribution in [0.25, 0.3) is 5.70 Å². The zero-order valence-corrected chi connectivity index (χ0v) is 6.04. The van der Waals surface area contributed by atoms with Crippen LogP contribution < -0.4 is 0 Å². The van der Waals surface area contributed by atoms with Crippen LogP contribution in [0.4, 0.5) is 0 Å². The third-order valence-electron chi connectivity index (χ3n) is 0.995. The van der Waals surface area contributed by atoms with Gasteiger partial charge < -0.3 is 0 Å². The summed E-state index contributed by atoms with van der Waals surface area (Å²) in [5.74, 6) is 0. The Bertz CT molecular complexity index is 264. The van der Waals surface area contributed by atoms with Gasteiger partial charge in [0, 0.05) is 0 Å². The minimum absolute atomic E-state index is 0.350. The zero-order chi connectivity index (χ0) is 7.56. The van der Waals surface area contributed by atoms with Crippen LogP contribution in [0.2, 0.25) is 5.15 Å². The van der Waals surface area contributed by atoms with Crippen LogP contribution in [0.5, 0.6) is 0 Å². The van der Waals surface area contributed by atoms with Gasteiger partial charge in [-0.3, -0.25) is 0 Å². The summed E-state index contributed by atoms with van der Waals surface area (Å²) in [5, 5.41) is 7.56. The lowest BCUT2D eigenvalue weighted by molar-refractivity contribution is 0.826. The molecule has 52 valence electrons. The summed E-state index contributed by atoms with van der Waals surface area (Å²) in [5.41, 5.74) is 0.652. The highest BCUT2D eigenvalue weighted by Crippen LogP contribution is 2.05. The Morgan fingerprint density at radius 1 is 1.80 bits per heavy atom. The Balaban J connectivity index is 2.95. The van der Waals surface area contributed by atoms with E-state index < -0.39 is 0 Å². The average molecular weight is 156 g/mol. The fraction of sp³-hybridized carbons (Fsp3) is 0. The molecule has 1 aromatic rings. The molecule has 4 heteroatoms. The number of allylic oxidation sites excluding steroid dienone is 2. The van der Waals surface area contributed by atoms with Gasteiger partial charge in [-0.25, -0.2) is 4.68 Å². The molecule has 0 aliphatic rings. The van der Waals surface area contributed by atoms with E-state index in [9.17, 15) is 0 Å².